The van der Waals surface area contributed by atoms with Crippen molar-refractivity contribution in [2.75, 3.05) is 11.6 Å². The highest BCUT2D eigenvalue weighted by molar-refractivity contribution is 7.71. The van der Waals surface area contributed by atoms with Gasteiger partial charge in [0.15, 0.2) is 0 Å². The Kier molecular flexibility index (Phi) is 2.03. The molecule has 1 rings (SSSR count). The molecule has 0 aliphatic carbocycles. The Bertz CT molecular complexity index is 254. The third-order valence-electron chi connectivity index (χ3n) is 1.04. The van der Waals surface area contributed by atoms with Crippen LogP contribution in [0.4, 0.5) is 5.95 Å². The molecule has 0 aliphatic heterocycles. The number of nitrogens with two attached hydrogens (primary N) is 1. The highest BCUT2D eigenvalue weighted by Crippen LogP contribution is 2.00. The van der Waals surface area contributed by atoms with Crippen LogP contribution in [0, 0.1) is 4.84 Å². The summed E-state index contributed by atoms with van der Waals surface area (Å²) < 4.78 is 4.64. The summed E-state index contributed by atoms with van der Waals surface area (Å²) in [6.45, 7) is 2.55. The first kappa shape index (κ1) is 7.23. The number of H-pyrrole nitrogens is 1. The third-order valence-corrected chi connectivity index (χ3v) is 1.21. The third kappa shape index (κ3) is 1.34. The minimum atomic E-state index is 0.166. The molecule has 0 saturated heterocycles. The SMILES string of the molecule is CCN(N)c1nc(=S)o[nH]1. The van der Waals surface area contributed by atoms with E-state index in [9.17, 15) is 0 Å². The van der Waals surface area contributed by atoms with E-state index in [1.54, 1.807) is 0 Å². The number of hydrogen-bond donors (Lipinski definition) is 2. The van der Waals surface area contributed by atoms with E-state index in [4.69, 9.17) is 5.84 Å². The molecule has 0 atom stereocenters. The highest BCUT2D eigenvalue weighted by Gasteiger charge is 2.01. The number of hydrogen-bond acceptors (Lipinski definition) is 5. The first-order chi connectivity index (χ1) is 4.74. The zero-order chi connectivity index (χ0) is 7.56. The average molecular weight is 160 g/mol. The van der Waals surface area contributed by atoms with E-state index in [2.05, 4.69) is 26.9 Å². The number of anilines is 1. The van der Waals surface area contributed by atoms with Crippen molar-refractivity contribution in [2.45, 2.75) is 6.92 Å². The summed E-state index contributed by atoms with van der Waals surface area (Å²) in [5, 5.41) is 3.87. The van der Waals surface area contributed by atoms with Crippen LogP contribution in [0.25, 0.3) is 0 Å². The molecule has 1 aromatic rings. The normalized spacial score (nSPS) is 9.80. The van der Waals surface area contributed by atoms with Gasteiger partial charge in [-0.2, -0.15) is 10.1 Å². The van der Waals surface area contributed by atoms with E-state index < -0.39 is 0 Å². The summed E-state index contributed by atoms with van der Waals surface area (Å²) in [7, 11) is 0. The van der Waals surface area contributed by atoms with Gasteiger partial charge in [0.05, 0.1) is 0 Å². The lowest BCUT2D eigenvalue weighted by Crippen LogP contribution is -2.31. The molecule has 0 fully saturated rings. The van der Waals surface area contributed by atoms with Gasteiger partial charge in [-0.25, -0.2) is 5.84 Å². The second kappa shape index (κ2) is 2.80. The molecule has 0 spiro atoms. The summed E-state index contributed by atoms with van der Waals surface area (Å²) in [4.78, 5) is 3.94. The van der Waals surface area contributed by atoms with Crippen LogP contribution in [-0.2, 0) is 0 Å². The largest absolute Gasteiger partial charge is 0.346 e. The van der Waals surface area contributed by atoms with Crippen LogP contribution in [0.1, 0.15) is 6.92 Å². The molecule has 0 aromatic carbocycles. The second-order valence-corrected chi connectivity index (χ2v) is 2.04. The van der Waals surface area contributed by atoms with Crippen molar-refractivity contribution >= 4 is 18.2 Å². The Morgan fingerprint density at radius 2 is 2.60 bits per heavy atom. The number of aromatic nitrogens is 2. The van der Waals surface area contributed by atoms with Gasteiger partial charge in [-0.15, -0.1) is 0 Å². The van der Waals surface area contributed by atoms with Crippen molar-refractivity contribution in [1.82, 2.24) is 10.1 Å². The summed E-state index contributed by atoms with van der Waals surface area (Å²) in [5.41, 5.74) is 0. The van der Waals surface area contributed by atoms with Gasteiger partial charge >= 0.3 is 4.84 Å². The number of nitrogens with one attached hydrogen (secondary N) is 1. The van der Waals surface area contributed by atoms with Crippen LogP contribution in [0.15, 0.2) is 4.52 Å². The molecule has 1 aromatic heterocycles. The molecule has 1 heterocycles. The van der Waals surface area contributed by atoms with Gasteiger partial charge in [0, 0.05) is 6.54 Å². The van der Waals surface area contributed by atoms with E-state index in [1.165, 1.54) is 5.01 Å². The molecule has 5 nitrogen and oxygen atoms in total. The lowest BCUT2D eigenvalue weighted by Gasteiger charge is -2.08. The van der Waals surface area contributed by atoms with E-state index in [0.717, 1.165) is 0 Å². The number of nitrogens with zero attached hydrogens (tertiary/aromatic N) is 2. The molecule has 0 radical (unpaired) electrons. The summed E-state index contributed by atoms with van der Waals surface area (Å²) in [6.07, 6.45) is 0. The van der Waals surface area contributed by atoms with Crippen LogP contribution in [-0.4, -0.2) is 16.7 Å². The van der Waals surface area contributed by atoms with Gasteiger partial charge in [-0.1, -0.05) is 0 Å². The maximum atomic E-state index is 5.44. The standard InChI is InChI=1S/C4H8N4OS/c1-2-8(5)3-6-4(10)9-7-3/h2,5H2,1H3,(H,6,7,10). The van der Waals surface area contributed by atoms with E-state index >= 15 is 0 Å². The Balaban J connectivity index is 2.84. The quantitative estimate of drug-likeness (QED) is 0.373. The summed E-state index contributed by atoms with van der Waals surface area (Å²) >= 11 is 4.61. The maximum absolute atomic E-state index is 5.44. The molecule has 0 unspecified atom stereocenters. The monoisotopic (exact) mass is 160 g/mol. The van der Waals surface area contributed by atoms with Crippen LogP contribution >= 0.6 is 12.2 Å². The van der Waals surface area contributed by atoms with Gasteiger partial charge in [0.25, 0.3) is 5.95 Å². The predicted octanol–water partition coefficient (Wildman–Crippen LogP) is 0.432. The van der Waals surface area contributed by atoms with Crippen LogP contribution in [0.3, 0.4) is 0 Å². The fourth-order valence-electron chi connectivity index (χ4n) is 0.494. The lowest BCUT2D eigenvalue weighted by molar-refractivity contribution is 0.404. The minimum Gasteiger partial charge on any atom is -0.346 e. The Morgan fingerprint density at radius 3 is 3.00 bits per heavy atom. The van der Waals surface area contributed by atoms with E-state index in [1.807, 2.05) is 6.92 Å². The van der Waals surface area contributed by atoms with Crippen molar-refractivity contribution in [1.29, 1.82) is 0 Å². The van der Waals surface area contributed by atoms with Crippen molar-refractivity contribution < 1.29 is 4.52 Å². The van der Waals surface area contributed by atoms with Gasteiger partial charge in [-0.05, 0) is 19.1 Å². The van der Waals surface area contributed by atoms with Crippen LogP contribution in [0.5, 0.6) is 0 Å². The van der Waals surface area contributed by atoms with Gasteiger partial charge < -0.3 is 4.52 Å². The minimum absolute atomic E-state index is 0.166. The van der Waals surface area contributed by atoms with Gasteiger partial charge in [0.2, 0.25) is 0 Å². The first-order valence-corrected chi connectivity index (χ1v) is 3.22. The molecule has 0 saturated carbocycles. The molecule has 0 amide bonds. The zero-order valence-corrected chi connectivity index (χ0v) is 6.31. The number of aromatic amines is 1. The molecule has 0 aliphatic rings. The van der Waals surface area contributed by atoms with Crippen molar-refractivity contribution in [3.8, 4) is 0 Å². The Morgan fingerprint density at radius 1 is 1.90 bits per heavy atom. The highest BCUT2D eigenvalue weighted by atomic mass is 32.1. The fourth-order valence-corrected chi connectivity index (χ4v) is 0.622. The maximum Gasteiger partial charge on any atom is 0.315 e. The predicted molar refractivity (Wildman–Crippen MR) is 38.9 cm³/mol. The molecule has 6 heteroatoms. The number of rotatable bonds is 2. The molecular weight excluding hydrogens is 152 g/mol. The van der Waals surface area contributed by atoms with E-state index in [-0.39, 0.29) is 4.84 Å². The second-order valence-electron chi connectivity index (χ2n) is 1.69. The topological polar surface area (TPSA) is 71.1 Å². The molecule has 0 bridgehead atoms. The lowest BCUT2D eigenvalue weighted by atomic mass is 10.7. The van der Waals surface area contributed by atoms with Crippen LogP contribution in [0.2, 0.25) is 0 Å². The van der Waals surface area contributed by atoms with E-state index in [0.29, 0.717) is 12.5 Å². The van der Waals surface area contributed by atoms with Crippen molar-refractivity contribution in [3.05, 3.63) is 4.84 Å². The first-order valence-electron chi connectivity index (χ1n) is 2.81. The summed E-state index contributed by atoms with van der Waals surface area (Å²) in [5.74, 6) is 5.89. The molecule has 10 heavy (non-hydrogen) atoms. The smallest absolute Gasteiger partial charge is 0.315 e. The van der Waals surface area contributed by atoms with Gasteiger partial charge in [0.1, 0.15) is 0 Å². The van der Waals surface area contributed by atoms with Crippen molar-refractivity contribution in [3.63, 3.8) is 0 Å². The molecule has 3 N–H and O–H groups in total. The summed E-state index contributed by atoms with van der Waals surface area (Å²) in [6, 6.07) is 0. The fraction of sp³-hybridized carbons (Fsp3) is 0.500. The average Bonchev–Trinajstić information content (AvgIpc) is 2.34. The Labute approximate surface area is 62.8 Å². The van der Waals surface area contributed by atoms with Gasteiger partial charge in [-0.3, -0.25) is 5.01 Å². The Hall–Kier alpha value is -0.880. The van der Waals surface area contributed by atoms with Crippen LogP contribution < -0.4 is 10.9 Å². The number of hydrazine groups is 1. The zero-order valence-electron chi connectivity index (χ0n) is 5.50. The van der Waals surface area contributed by atoms with Crippen molar-refractivity contribution in [2.24, 2.45) is 5.84 Å². The molecule has 56 valence electrons. The molecular formula is C4H8N4OS.